The van der Waals surface area contributed by atoms with Crippen LogP contribution in [-0.2, 0) is 13.0 Å². The molecule has 2 N–H and O–H groups in total. The Morgan fingerprint density at radius 1 is 1.28 bits per heavy atom. The predicted molar refractivity (Wildman–Crippen MR) is 76.9 cm³/mol. The van der Waals surface area contributed by atoms with Crippen molar-refractivity contribution >= 4 is 11.3 Å². The summed E-state index contributed by atoms with van der Waals surface area (Å²) in [6.07, 6.45) is 2.17. The maximum atomic E-state index is 5.55. The fourth-order valence-electron chi connectivity index (χ4n) is 2.38. The van der Waals surface area contributed by atoms with E-state index < -0.39 is 0 Å². The molecule has 0 saturated carbocycles. The Labute approximate surface area is 114 Å². The van der Waals surface area contributed by atoms with Gasteiger partial charge >= 0.3 is 0 Å². The van der Waals surface area contributed by atoms with Gasteiger partial charge in [-0.25, -0.2) is 4.98 Å². The van der Waals surface area contributed by atoms with Gasteiger partial charge in [0, 0.05) is 44.5 Å². The van der Waals surface area contributed by atoms with Crippen molar-refractivity contribution in [3.63, 3.8) is 0 Å². The topological polar surface area (TPSA) is 45.4 Å². The first-order valence-corrected chi connectivity index (χ1v) is 7.78. The summed E-state index contributed by atoms with van der Waals surface area (Å²) in [5.74, 6) is 0. The van der Waals surface area contributed by atoms with Gasteiger partial charge in [-0.3, -0.25) is 4.90 Å². The second kappa shape index (κ2) is 7.19. The normalized spacial score (nSPS) is 18.3. The number of piperazine rings is 1. The van der Waals surface area contributed by atoms with Crippen LogP contribution in [0.25, 0.3) is 0 Å². The highest BCUT2D eigenvalue weighted by molar-refractivity contribution is 7.09. The van der Waals surface area contributed by atoms with E-state index in [0.29, 0.717) is 6.54 Å². The quantitative estimate of drug-likeness (QED) is 0.841. The van der Waals surface area contributed by atoms with E-state index in [1.54, 1.807) is 11.3 Å². The van der Waals surface area contributed by atoms with Crippen LogP contribution in [-0.4, -0.2) is 54.1 Å². The Bertz CT molecular complexity index is 345. The Hall–Kier alpha value is -0.490. The van der Waals surface area contributed by atoms with Crippen molar-refractivity contribution < 1.29 is 0 Å². The monoisotopic (exact) mass is 268 g/mol. The van der Waals surface area contributed by atoms with Gasteiger partial charge in [-0.15, -0.1) is 11.3 Å². The van der Waals surface area contributed by atoms with Crippen molar-refractivity contribution in [2.24, 2.45) is 5.73 Å². The van der Waals surface area contributed by atoms with Crippen LogP contribution in [0.2, 0.25) is 0 Å². The number of nitrogens with two attached hydrogens (primary N) is 1. The largest absolute Gasteiger partial charge is 0.330 e. The molecule has 0 atom stereocenters. The molecule has 0 bridgehead atoms. The first-order valence-electron chi connectivity index (χ1n) is 6.90. The highest BCUT2D eigenvalue weighted by Gasteiger charge is 2.16. The van der Waals surface area contributed by atoms with Gasteiger partial charge in [-0.05, 0) is 19.5 Å². The molecule has 0 aromatic carbocycles. The molecule has 0 unspecified atom stereocenters. The van der Waals surface area contributed by atoms with Gasteiger partial charge in [0.05, 0.1) is 10.7 Å². The lowest BCUT2D eigenvalue weighted by Crippen LogP contribution is -2.46. The molecule has 0 aliphatic carbocycles. The van der Waals surface area contributed by atoms with Crippen LogP contribution in [0.1, 0.15) is 24.0 Å². The fraction of sp³-hybridized carbons (Fsp3) is 0.769. The average Bonchev–Trinajstić information content (AvgIpc) is 2.80. The average molecular weight is 268 g/mol. The zero-order valence-corrected chi connectivity index (χ0v) is 12.1. The summed E-state index contributed by atoms with van der Waals surface area (Å²) in [5, 5.41) is 3.36. The number of rotatable bonds is 6. The van der Waals surface area contributed by atoms with Gasteiger partial charge in [0.1, 0.15) is 0 Å². The second-order valence-electron chi connectivity index (χ2n) is 4.89. The lowest BCUT2D eigenvalue weighted by molar-refractivity contribution is 0.126. The molecule has 1 aromatic heterocycles. The maximum Gasteiger partial charge on any atom is 0.0941 e. The first kappa shape index (κ1) is 13.9. The Morgan fingerprint density at radius 3 is 2.67 bits per heavy atom. The standard InChI is InChI=1S/C13H24N4S/c1-2-5-16-6-8-17(9-7-16)10-12-11-18-13(15-12)3-4-14/h11H,2-10,14H2,1H3. The first-order chi connectivity index (χ1) is 8.81. The summed E-state index contributed by atoms with van der Waals surface area (Å²) < 4.78 is 0. The van der Waals surface area contributed by atoms with E-state index in [4.69, 9.17) is 5.73 Å². The molecule has 18 heavy (non-hydrogen) atoms. The lowest BCUT2D eigenvalue weighted by atomic mass is 10.3. The summed E-state index contributed by atoms with van der Waals surface area (Å²) >= 11 is 1.74. The van der Waals surface area contributed by atoms with Gasteiger partial charge in [-0.1, -0.05) is 6.92 Å². The minimum absolute atomic E-state index is 0.697. The van der Waals surface area contributed by atoms with Crippen molar-refractivity contribution in [2.75, 3.05) is 39.3 Å². The number of aromatic nitrogens is 1. The summed E-state index contributed by atoms with van der Waals surface area (Å²) in [5.41, 5.74) is 6.76. The molecule has 1 aromatic rings. The van der Waals surface area contributed by atoms with Crippen LogP contribution in [0.3, 0.4) is 0 Å². The molecule has 1 fully saturated rings. The van der Waals surface area contributed by atoms with Crippen molar-refractivity contribution in [3.8, 4) is 0 Å². The zero-order chi connectivity index (χ0) is 12.8. The number of hydrogen-bond acceptors (Lipinski definition) is 5. The minimum Gasteiger partial charge on any atom is -0.330 e. The predicted octanol–water partition coefficient (Wildman–Crippen LogP) is 1.17. The molecule has 1 aliphatic heterocycles. The van der Waals surface area contributed by atoms with E-state index in [-0.39, 0.29) is 0 Å². The summed E-state index contributed by atoms with van der Waals surface area (Å²) in [6.45, 7) is 9.93. The van der Waals surface area contributed by atoms with E-state index in [1.165, 1.54) is 49.8 Å². The van der Waals surface area contributed by atoms with Crippen LogP contribution >= 0.6 is 11.3 Å². The molecular formula is C13H24N4S. The molecule has 0 spiro atoms. The molecule has 0 radical (unpaired) electrons. The molecule has 2 heterocycles. The molecule has 1 aliphatic rings. The molecular weight excluding hydrogens is 244 g/mol. The van der Waals surface area contributed by atoms with Gasteiger partial charge in [-0.2, -0.15) is 0 Å². The molecule has 4 nitrogen and oxygen atoms in total. The van der Waals surface area contributed by atoms with E-state index in [9.17, 15) is 0 Å². The summed E-state index contributed by atoms with van der Waals surface area (Å²) in [7, 11) is 0. The van der Waals surface area contributed by atoms with Gasteiger partial charge in [0.15, 0.2) is 0 Å². The fourth-order valence-corrected chi connectivity index (χ4v) is 3.18. The summed E-state index contributed by atoms with van der Waals surface area (Å²) in [6, 6.07) is 0. The summed E-state index contributed by atoms with van der Waals surface area (Å²) in [4.78, 5) is 9.69. The van der Waals surface area contributed by atoms with E-state index >= 15 is 0 Å². The minimum atomic E-state index is 0.697. The Kier molecular flexibility index (Phi) is 5.56. The van der Waals surface area contributed by atoms with Gasteiger partial charge < -0.3 is 10.6 Å². The van der Waals surface area contributed by atoms with E-state index in [1.807, 2.05) is 0 Å². The van der Waals surface area contributed by atoms with Crippen molar-refractivity contribution in [2.45, 2.75) is 26.3 Å². The molecule has 2 rings (SSSR count). The van der Waals surface area contributed by atoms with Crippen molar-refractivity contribution in [1.29, 1.82) is 0 Å². The zero-order valence-electron chi connectivity index (χ0n) is 11.3. The lowest BCUT2D eigenvalue weighted by Gasteiger charge is -2.34. The number of hydrogen-bond donors (Lipinski definition) is 1. The van der Waals surface area contributed by atoms with Gasteiger partial charge in [0.2, 0.25) is 0 Å². The van der Waals surface area contributed by atoms with Crippen LogP contribution in [0.4, 0.5) is 0 Å². The molecule has 1 saturated heterocycles. The van der Waals surface area contributed by atoms with Crippen LogP contribution in [0, 0.1) is 0 Å². The Balaban J connectivity index is 1.76. The number of thiazole rings is 1. The molecule has 102 valence electrons. The van der Waals surface area contributed by atoms with E-state index in [2.05, 4.69) is 27.1 Å². The smallest absolute Gasteiger partial charge is 0.0941 e. The van der Waals surface area contributed by atoms with Crippen LogP contribution in [0.15, 0.2) is 5.38 Å². The third-order valence-electron chi connectivity index (χ3n) is 3.35. The molecule has 0 amide bonds. The Morgan fingerprint density at radius 2 is 2.00 bits per heavy atom. The van der Waals surface area contributed by atoms with Crippen molar-refractivity contribution in [1.82, 2.24) is 14.8 Å². The van der Waals surface area contributed by atoms with Gasteiger partial charge in [0.25, 0.3) is 0 Å². The highest BCUT2D eigenvalue weighted by Crippen LogP contribution is 2.13. The van der Waals surface area contributed by atoms with Crippen LogP contribution in [0.5, 0.6) is 0 Å². The van der Waals surface area contributed by atoms with Crippen molar-refractivity contribution in [3.05, 3.63) is 16.1 Å². The third-order valence-corrected chi connectivity index (χ3v) is 4.31. The maximum absolute atomic E-state index is 5.55. The van der Waals surface area contributed by atoms with Crippen LogP contribution < -0.4 is 5.73 Å². The highest BCUT2D eigenvalue weighted by atomic mass is 32.1. The number of nitrogens with zero attached hydrogens (tertiary/aromatic N) is 3. The SMILES string of the molecule is CCCN1CCN(Cc2csc(CCN)n2)CC1. The van der Waals surface area contributed by atoms with E-state index in [0.717, 1.165) is 13.0 Å². The third kappa shape index (κ3) is 4.02. The molecule has 5 heteroatoms. The second-order valence-corrected chi connectivity index (χ2v) is 5.83.